The van der Waals surface area contributed by atoms with Gasteiger partial charge in [0.15, 0.2) is 21.6 Å². The molecule has 9 nitrogen and oxygen atoms in total. The van der Waals surface area contributed by atoms with Crippen LogP contribution in [-0.2, 0) is 19.4 Å². The number of amides is 1. The van der Waals surface area contributed by atoms with Gasteiger partial charge in [0.2, 0.25) is 0 Å². The number of aromatic nitrogens is 3. The van der Waals surface area contributed by atoms with Gasteiger partial charge in [0.25, 0.3) is 5.91 Å². The second kappa shape index (κ2) is 7.70. The fraction of sp³-hybridized carbons (Fsp3) is 0.444. The Morgan fingerprint density at radius 3 is 2.54 bits per heavy atom. The van der Waals surface area contributed by atoms with E-state index >= 15 is 0 Å². The molecule has 1 aromatic carbocycles. The van der Waals surface area contributed by atoms with Crippen molar-refractivity contribution in [2.45, 2.75) is 32.4 Å². The van der Waals surface area contributed by atoms with Gasteiger partial charge in [0.05, 0.1) is 22.9 Å². The summed E-state index contributed by atoms with van der Waals surface area (Å²) in [6.45, 7) is 3.09. The Labute approximate surface area is 163 Å². The normalized spacial score (nSPS) is 19.2. The molecule has 0 saturated carbocycles. The van der Waals surface area contributed by atoms with Crippen molar-refractivity contribution in [3.63, 3.8) is 0 Å². The summed E-state index contributed by atoms with van der Waals surface area (Å²) >= 11 is 0. The first kappa shape index (κ1) is 20.0. The van der Waals surface area contributed by atoms with Gasteiger partial charge < -0.3 is 9.64 Å². The van der Waals surface area contributed by atoms with Crippen LogP contribution in [0.1, 0.15) is 29.5 Å². The van der Waals surface area contributed by atoms with Crippen LogP contribution in [0.25, 0.3) is 5.69 Å². The molecule has 2 aromatic rings. The lowest BCUT2D eigenvalue weighted by Gasteiger charge is -2.26. The third-order valence-corrected chi connectivity index (χ3v) is 6.45. The van der Waals surface area contributed by atoms with Crippen LogP contribution >= 0.6 is 0 Å². The van der Waals surface area contributed by atoms with Crippen LogP contribution in [0.15, 0.2) is 30.3 Å². The van der Waals surface area contributed by atoms with E-state index in [1.165, 1.54) is 23.7 Å². The summed E-state index contributed by atoms with van der Waals surface area (Å²) in [5, 5.41) is 8.37. The van der Waals surface area contributed by atoms with E-state index in [-0.39, 0.29) is 17.2 Å². The van der Waals surface area contributed by atoms with E-state index in [4.69, 9.17) is 4.74 Å². The van der Waals surface area contributed by atoms with E-state index in [0.717, 1.165) is 0 Å². The predicted octanol–water partition coefficient (Wildman–Crippen LogP) is 0.767. The molecule has 10 heteroatoms. The number of esters is 1. The van der Waals surface area contributed by atoms with Gasteiger partial charge >= 0.3 is 5.97 Å². The molecule has 3 rings (SSSR count). The number of benzene rings is 1. The van der Waals surface area contributed by atoms with Gasteiger partial charge in [-0.2, -0.15) is 9.90 Å². The molecule has 0 radical (unpaired) electrons. The van der Waals surface area contributed by atoms with Crippen molar-refractivity contribution < 1.29 is 22.7 Å². The highest BCUT2D eigenvalue weighted by molar-refractivity contribution is 7.91. The van der Waals surface area contributed by atoms with Crippen molar-refractivity contribution in [2.75, 3.05) is 18.6 Å². The van der Waals surface area contributed by atoms with Crippen LogP contribution in [0.3, 0.4) is 0 Å². The molecule has 1 amide bonds. The van der Waals surface area contributed by atoms with Gasteiger partial charge in [0, 0.05) is 13.1 Å². The number of hydrogen-bond donors (Lipinski definition) is 0. The Bertz CT molecular complexity index is 987. The SMILES string of the molecule is Cc1nn(-c2ccccc2)nc1C(=O)O[C@@H](C)C(=O)N(C)[C@H]1CCS(=O)(=O)C1. The molecule has 1 aliphatic heterocycles. The second-order valence-electron chi connectivity index (χ2n) is 6.81. The number of carbonyl (C=O) groups excluding carboxylic acids is 2. The maximum atomic E-state index is 12.5. The zero-order valence-corrected chi connectivity index (χ0v) is 16.7. The molecule has 0 unspecified atom stereocenters. The highest BCUT2D eigenvalue weighted by Gasteiger charge is 2.35. The summed E-state index contributed by atoms with van der Waals surface area (Å²) in [4.78, 5) is 27.7. The molecule has 1 aromatic heterocycles. The standard InChI is InChI=1S/C18H22N4O5S/c1-12-16(20-22(19-12)14-7-5-4-6-8-14)18(24)27-13(2)17(23)21(3)15-9-10-28(25,26)11-15/h4-8,13,15H,9-11H2,1-3H3/t13-,15-/m0/s1. The summed E-state index contributed by atoms with van der Waals surface area (Å²) in [6, 6.07) is 8.70. The van der Waals surface area contributed by atoms with Gasteiger partial charge in [-0.05, 0) is 32.4 Å². The predicted molar refractivity (Wildman–Crippen MR) is 101 cm³/mol. The van der Waals surface area contributed by atoms with Gasteiger partial charge in [-0.25, -0.2) is 13.2 Å². The van der Waals surface area contributed by atoms with E-state index in [2.05, 4.69) is 10.2 Å². The zero-order chi connectivity index (χ0) is 20.5. The number of likely N-dealkylation sites (N-methyl/N-ethyl adjacent to an activating group) is 1. The zero-order valence-electron chi connectivity index (χ0n) is 15.9. The van der Waals surface area contributed by atoms with Crippen molar-refractivity contribution in [1.82, 2.24) is 19.9 Å². The van der Waals surface area contributed by atoms with Crippen molar-refractivity contribution in [3.05, 3.63) is 41.7 Å². The first-order valence-electron chi connectivity index (χ1n) is 8.85. The maximum Gasteiger partial charge on any atom is 0.361 e. The number of para-hydroxylation sites is 1. The van der Waals surface area contributed by atoms with E-state index in [1.54, 1.807) is 19.1 Å². The summed E-state index contributed by atoms with van der Waals surface area (Å²) in [6.07, 6.45) is -0.683. The van der Waals surface area contributed by atoms with E-state index in [0.29, 0.717) is 17.8 Å². The molecule has 1 aliphatic rings. The van der Waals surface area contributed by atoms with Crippen molar-refractivity contribution in [3.8, 4) is 5.69 Å². The topological polar surface area (TPSA) is 111 Å². The molecule has 0 N–H and O–H groups in total. The minimum atomic E-state index is -3.12. The number of sulfone groups is 1. The third kappa shape index (κ3) is 4.22. The Morgan fingerprint density at radius 1 is 1.25 bits per heavy atom. The smallest absolute Gasteiger partial charge is 0.361 e. The molecule has 1 fully saturated rings. The number of aryl methyl sites for hydroxylation is 1. The number of ether oxygens (including phenoxy) is 1. The minimum absolute atomic E-state index is 0.0228. The first-order valence-corrected chi connectivity index (χ1v) is 10.7. The van der Waals surface area contributed by atoms with E-state index < -0.39 is 33.9 Å². The Balaban J connectivity index is 1.67. The van der Waals surface area contributed by atoms with Crippen LogP contribution in [0, 0.1) is 6.92 Å². The molecule has 2 atom stereocenters. The number of nitrogens with zero attached hydrogens (tertiary/aromatic N) is 4. The Kier molecular flexibility index (Phi) is 5.50. The monoisotopic (exact) mass is 406 g/mol. The molecule has 28 heavy (non-hydrogen) atoms. The molecule has 0 spiro atoms. The van der Waals surface area contributed by atoms with Crippen molar-refractivity contribution in [1.29, 1.82) is 0 Å². The average Bonchev–Trinajstić information content (AvgIpc) is 3.23. The number of hydrogen-bond acceptors (Lipinski definition) is 7. The third-order valence-electron chi connectivity index (χ3n) is 4.70. The molecule has 150 valence electrons. The largest absolute Gasteiger partial charge is 0.448 e. The van der Waals surface area contributed by atoms with Crippen LogP contribution < -0.4 is 0 Å². The highest BCUT2D eigenvalue weighted by Crippen LogP contribution is 2.18. The fourth-order valence-electron chi connectivity index (χ4n) is 3.06. The lowest BCUT2D eigenvalue weighted by Crippen LogP contribution is -2.44. The average molecular weight is 406 g/mol. The van der Waals surface area contributed by atoms with Gasteiger partial charge in [-0.1, -0.05) is 18.2 Å². The van der Waals surface area contributed by atoms with Crippen LogP contribution in [-0.4, -0.2) is 70.9 Å². The second-order valence-corrected chi connectivity index (χ2v) is 9.04. The molecule has 2 heterocycles. The summed E-state index contributed by atoms with van der Waals surface area (Å²) in [7, 11) is -1.59. The van der Waals surface area contributed by atoms with Crippen LogP contribution in [0.5, 0.6) is 0 Å². The van der Waals surface area contributed by atoms with Crippen LogP contribution in [0.2, 0.25) is 0 Å². The quantitative estimate of drug-likeness (QED) is 0.674. The van der Waals surface area contributed by atoms with E-state index in [9.17, 15) is 18.0 Å². The first-order chi connectivity index (χ1) is 13.2. The number of carbonyl (C=O) groups is 2. The van der Waals surface area contributed by atoms with Crippen molar-refractivity contribution >= 4 is 21.7 Å². The lowest BCUT2D eigenvalue weighted by atomic mass is 10.2. The molecular formula is C18H22N4O5S. The molecule has 0 aliphatic carbocycles. The Hall–Kier alpha value is -2.75. The summed E-state index contributed by atoms with van der Waals surface area (Å²) < 4.78 is 28.5. The lowest BCUT2D eigenvalue weighted by molar-refractivity contribution is -0.140. The van der Waals surface area contributed by atoms with Gasteiger partial charge in [0.1, 0.15) is 0 Å². The number of rotatable bonds is 5. The summed E-state index contributed by atoms with van der Waals surface area (Å²) in [5.74, 6) is -1.22. The van der Waals surface area contributed by atoms with Crippen LogP contribution in [0.4, 0.5) is 0 Å². The maximum absolute atomic E-state index is 12.5. The Morgan fingerprint density at radius 2 is 1.93 bits per heavy atom. The minimum Gasteiger partial charge on any atom is -0.448 e. The molecule has 0 bridgehead atoms. The fourth-order valence-corrected chi connectivity index (χ4v) is 4.83. The summed E-state index contributed by atoms with van der Waals surface area (Å²) in [5.41, 5.74) is 1.09. The molecular weight excluding hydrogens is 384 g/mol. The van der Waals surface area contributed by atoms with Gasteiger partial charge in [-0.15, -0.1) is 5.10 Å². The van der Waals surface area contributed by atoms with E-state index in [1.807, 2.05) is 18.2 Å². The highest BCUT2D eigenvalue weighted by atomic mass is 32.2. The van der Waals surface area contributed by atoms with Gasteiger partial charge in [-0.3, -0.25) is 4.79 Å². The van der Waals surface area contributed by atoms with Crippen molar-refractivity contribution in [2.24, 2.45) is 0 Å². The molecule has 1 saturated heterocycles.